The highest BCUT2D eigenvalue weighted by atomic mass is 79.9. The molecule has 5 nitrogen and oxygen atoms in total. The van der Waals surface area contributed by atoms with Crippen LogP contribution in [-0.2, 0) is 0 Å². The van der Waals surface area contributed by atoms with Crippen molar-refractivity contribution in [3.63, 3.8) is 0 Å². The molecule has 20 heavy (non-hydrogen) atoms. The SMILES string of the molecule is COc1ccc(OC)c(NC(=O)c2cccc(Br)n2)c1. The van der Waals surface area contributed by atoms with Gasteiger partial charge in [-0.25, -0.2) is 4.98 Å². The van der Waals surface area contributed by atoms with Gasteiger partial charge in [0.15, 0.2) is 0 Å². The van der Waals surface area contributed by atoms with Crippen molar-refractivity contribution in [3.05, 3.63) is 46.7 Å². The summed E-state index contributed by atoms with van der Waals surface area (Å²) in [5.41, 5.74) is 0.836. The highest BCUT2D eigenvalue weighted by molar-refractivity contribution is 9.10. The Morgan fingerprint density at radius 1 is 1.20 bits per heavy atom. The quantitative estimate of drug-likeness (QED) is 0.871. The lowest BCUT2D eigenvalue weighted by molar-refractivity contribution is 0.102. The molecule has 0 aliphatic rings. The highest BCUT2D eigenvalue weighted by Crippen LogP contribution is 2.29. The van der Waals surface area contributed by atoms with Crippen molar-refractivity contribution < 1.29 is 14.3 Å². The number of anilines is 1. The molecule has 1 amide bonds. The van der Waals surface area contributed by atoms with E-state index in [1.807, 2.05) is 0 Å². The summed E-state index contributed by atoms with van der Waals surface area (Å²) in [6.45, 7) is 0. The van der Waals surface area contributed by atoms with Gasteiger partial charge in [-0.1, -0.05) is 6.07 Å². The molecule has 1 N–H and O–H groups in total. The van der Waals surface area contributed by atoms with Gasteiger partial charge < -0.3 is 14.8 Å². The Bertz CT molecular complexity index is 632. The van der Waals surface area contributed by atoms with Crippen LogP contribution in [0, 0.1) is 0 Å². The number of carbonyl (C=O) groups excluding carboxylic acids is 1. The third-order valence-corrected chi connectivity index (χ3v) is 3.04. The van der Waals surface area contributed by atoms with Crippen molar-refractivity contribution >= 4 is 27.5 Å². The summed E-state index contributed by atoms with van der Waals surface area (Å²) in [6.07, 6.45) is 0. The van der Waals surface area contributed by atoms with E-state index >= 15 is 0 Å². The Morgan fingerprint density at radius 2 is 2.00 bits per heavy atom. The van der Waals surface area contributed by atoms with Gasteiger partial charge in [0, 0.05) is 6.07 Å². The van der Waals surface area contributed by atoms with E-state index < -0.39 is 0 Å². The van der Waals surface area contributed by atoms with Crippen LogP contribution >= 0.6 is 15.9 Å². The normalized spacial score (nSPS) is 9.95. The number of ether oxygens (including phenoxy) is 2. The summed E-state index contributed by atoms with van der Waals surface area (Å²) in [5, 5.41) is 2.75. The summed E-state index contributed by atoms with van der Waals surface area (Å²) in [4.78, 5) is 16.2. The van der Waals surface area contributed by atoms with E-state index in [4.69, 9.17) is 9.47 Å². The van der Waals surface area contributed by atoms with Crippen LogP contribution in [0.3, 0.4) is 0 Å². The third-order valence-electron chi connectivity index (χ3n) is 2.60. The number of aromatic nitrogens is 1. The molecule has 0 aliphatic carbocycles. The molecule has 1 aromatic heterocycles. The van der Waals surface area contributed by atoms with E-state index in [1.54, 1.807) is 43.5 Å². The average Bonchev–Trinajstić information content (AvgIpc) is 2.47. The van der Waals surface area contributed by atoms with E-state index in [0.29, 0.717) is 27.5 Å². The van der Waals surface area contributed by atoms with Gasteiger partial charge in [0.05, 0.1) is 19.9 Å². The number of amides is 1. The summed E-state index contributed by atoms with van der Waals surface area (Å²) in [6, 6.07) is 10.3. The van der Waals surface area contributed by atoms with Crippen molar-refractivity contribution in [2.24, 2.45) is 0 Å². The second-order valence-electron chi connectivity index (χ2n) is 3.87. The maximum atomic E-state index is 12.1. The van der Waals surface area contributed by atoms with E-state index in [2.05, 4.69) is 26.2 Å². The molecular formula is C14H13BrN2O3. The number of rotatable bonds is 4. The molecule has 1 heterocycles. The lowest BCUT2D eigenvalue weighted by atomic mass is 10.2. The number of nitrogens with one attached hydrogen (secondary N) is 1. The molecular weight excluding hydrogens is 324 g/mol. The minimum absolute atomic E-state index is 0.309. The topological polar surface area (TPSA) is 60.5 Å². The largest absolute Gasteiger partial charge is 0.497 e. The molecule has 0 atom stereocenters. The first-order valence-electron chi connectivity index (χ1n) is 5.80. The maximum absolute atomic E-state index is 12.1. The fraction of sp³-hybridized carbons (Fsp3) is 0.143. The minimum Gasteiger partial charge on any atom is -0.497 e. The number of carbonyl (C=O) groups is 1. The minimum atomic E-state index is -0.321. The molecule has 6 heteroatoms. The predicted molar refractivity (Wildman–Crippen MR) is 79.4 cm³/mol. The monoisotopic (exact) mass is 336 g/mol. The number of pyridine rings is 1. The van der Waals surface area contributed by atoms with Gasteiger partial charge in [-0.3, -0.25) is 4.79 Å². The molecule has 0 bridgehead atoms. The van der Waals surface area contributed by atoms with Crippen LogP contribution in [0.25, 0.3) is 0 Å². The standard InChI is InChI=1S/C14H13BrN2O3/c1-19-9-6-7-12(20-2)11(8-9)17-14(18)10-4-3-5-13(15)16-10/h3-8H,1-2H3,(H,17,18). The molecule has 2 rings (SSSR count). The molecule has 0 unspecified atom stereocenters. The molecule has 104 valence electrons. The molecule has 1 aromatic carbocycles. The maximum Gasteiger partial charge on any atom is 0.274 e. The van der Waals surface area contributed by atoms with Crippen molar-refractivity contribution in [1.82, 2.24) is 4.98 Å². The van der Waals surface area contributed by atoms with E-state index in [-0.39, 0.29) is 5.91 Å². The van der Waals surface area contributed by atoms with Crippen LogP contribution in [0.5, 0.6) is 11.5 Å². The number of methoxy groups -OCH3 is 2. The number of hydrogen-bond donors (Lipinski definition) is 1. The molecule has 0 saturated carbocycles. The van der Waals surface area contributed by atoms with Gasteiger partial charge in [-0.05, 0) is 40.2 Å². The molecule has 2 aromatic rings. The number of hydrogen-bond acceptors (Lipinski definition) is 4. The molecule has 0 fully saturated rings. The van der Waals surface area contributed by atoms with Crippen LogP contribution in [0.2, 0.25) is 0 Å². The molecule has 0 spiro atoms. The van der Waals surface area contributed by atoms with Crippen molar-refractivity contribution in [1.29, 1.82) is 0 Å². The summed E-state index contributed by atoms with van der Waals surface area (Å²) < 4.78 is 10.9. The zero-order valence-corrected chi connectivity index (χ0v) is 12.6. The fourth-order valence-corrected chi connectivity index (χ4v) is 1.98. The predicted octanol–water partition coefficient (Wildman–Crippen LogP) is 3.11. The van der Waals surface area contributed by atoms with Gasteiger partial charge >= 0.3 is 0 Å². The number of halogens is 1. The first-order valence-corrected chi connectivity index (χ1v) is 6.59. The second kappa shape index (κ2) is 6.38. The van der Waals surface area contributed by atoms with Crippen LogP contribution in [-0.4, -0.2) is 25.1 Å². The Kier molecular flexibility index (Phi) is 4.57. The molecule has 0 aliphatic heterocycles. The Morgan fingerprint density at radius 3 is 2.65 bits per heavy atom. The zero-order valence-electron chi connectivity index (χ0n) is 11.0. The first-order chi connectivity index (χ1) is 9.63. The first kappa shape index (κ1) is 14.3. The van der Waals surface area contributed by atoms with Crippen molar-refractivity contribution in [2.75, 3.05) is 19.5 Å². The summed E-state index contributed by atoms with van der Waals surface area (Å²) in [5.74, 6) is 0.857. The number of benzene rings is 1. The Labute approximate surface area is 125 Å². The highest BCUT2D eigenvalue weighted by Gasteiger charge is 2.12. The second-order valence-corrected chi connectivity index (χ2v) is 4.68. The fourth-order valence-electron chi connectivity index (χ4n) is 1.63. The van der Waals surface area contributed by atoms with Gasteiger partial charge in [0.2, 0.25) is 0 Å². The number of nitrogens with zero attached hydrogens (tertiary/aromatic N) is 1. The zero-order chi connectivity index (χ0) is 14.5. The van der Waals surface area contributed by atoms with Crippen molar-refractivity contribution in [3.8, 4) is 11.5 Å². The van der Waals surface area contributed by atoms with Crippen LogP contribution in [0.15, 0.2) is 41.0 Å². The van der Waals surface area contributed by atoms with Gasteiger partial charge in [-0.15, -0.1) is 0 Å². The Balaban J connectivity index is 2.27. The average molecular weight is 337 g/mol. The van der Waals surface area contributed by atoms with Gasteiger partial charge in [0.25, 0.3) is 5.91 Å². The lowest BCUT2D eigenvalue weighted by Crippen LogP contribution is -2.14. The van der Waals surface area contributed by atoms with Gasteiger partial charge in [-0.2, -0.15) is 0 Å². The van der Waals surface area contributed by atoms with Crippen LogP contribution in [0.4, 0.5) is 5.69 Å². The third kappa shape index (κ3) is 3.27. The van der Waals surface area contributed by atoms with E-state index in [9.17, 15) is 4.79 Å². The van der Waals surface area contributed by atoms with Crippen molar-refractivity contribution in [2.45, 2.75) is 0 Å². The summed E-state index contributed by atoms with van der Waals surface area (Å²) >= 11 is 3.23. The van der Waals surface area contributed by atoms with E-state index in [1.165, 1.54) is 7.11 Å². The van der Waals surface area contributed by atoms with Gasteiger partial charge in [0.1, 0.15) is 21.8 Å². The van der Waals surface area contributed by atoms with E-state index in [0.717, 1.165) is 0 Å². The summed E-state index contributed by atoms with van der Waals surface area (Å²) in [7, 11) is 3.10. The molecule has 0 radical (unpaired) electrons. The smallest absolute Gasteiger partial charge is 0.274 e. The van der Waals surface area contributed by atoms with Crippen LogP contribution in [0.1, 0.15) is 10.5 Å². The Hall–Kier alpha value is -2.08. The van der Waals surface area contributed by atoms with Crippen LogP contribution < -0.4 is 14.8 Å². The lowest BCUT2D eigenvalue weighted by Gasteiger charge is -2.11. The molecule has 0 saturated heterocycles.